The summed E-state index contributed by atoms with van der Waals surface area (Å²) in [6.07, 6.45) is 4.04. The van der Waals surface area contributed by atoms with Crippen LogP contribution in [0.25, 0.3) is 28.1 Å². The molecule has 0 bridgehead atoms. The highest BCUT2D eigenvalue weighted by Crippen LogP contribution is 2.36. The second-order valence-corrected chi connectivity index (χ2v) is 13.2. The number of carboxylic acid groups (broad SMARTS) is 1. The lowest BCUT2D eigenvalue weighted by atomic mass is 10.0. The van der Waals surface area contributed by atoms with Gasteiger partial charge < -0.3 is 24.1 Å². The lowest BCUT2D eigenvalue weighted by Gasteiger charge is -2.26. The molecule has 0 radical (unpaired) electrons. The maximum absolute atomic E-state index is 13.6. The van der Waals surface area contributed by atoms with Crippen molar-refractivity contribution in [3.05, 3.63) is 89.0 Å². The van der Waals surface area contributed by atoms with E-state index in [2.05, 4.69) is 16.0 Å². The largest absolute Gasteiger partial charge is 0.493 e. The zero-order valence-electron chi connectivity index (χ0n) is 27.1. The lowest BCUT2D eigenvalue weighted by molar-refractivity contribution is -0.136. The van der Waals surface area contributed by atoms with Crippen LogP contribution in [0.4, 0.5) is 0 Å². The number of carboxylic acids is 1. The maximum Gasteiger partial charge on any atom is 0.307 e. The smallest absolute Gasteiger partial charge is 0.307 e. The zero-order chi connectivity index (χ0) is 34.2. The van der Waals surface area contributed by atoms with E-state index in [0.29, 0.717) is 51.6 Å². The first-order chi connectivity index (χ1) is 23.9. The van der Waals surface area contributed by atoms with Gasteiger partial charge in [-0.2, -0.15) is 0 Å². The molecular weight excluding hydrogens is 663 g/mol. The second-order valence-electron chi connectivity index (χ2n) is 11.6. The van der Waals surface area contributed by atoms with Crippen molar-refractivity contribution in [2.24, 2.45) is 0 Å². The van der Waals surface area contributed by atoms with Gasteiger partial charge in [-0.15, -0.1) is 0 Å². The summed E-state index contributed by atoms with van der Waals surface area (Å²) >= 11 is 6.90. The molecule has 2 aliphatic rings. The van der Waals surface area contributed by atoms with Gasteiger partial charge in [-0.25, -0.2) is 0 Å². The summed E-state index contributed by atoms with van der Waals surface area (Å²) in [4.78, 5) is 33.7. The van der Waals surface area contributed by atoms with Crippen LogP contribution in [0, 0.1) is 0 Å². The van der Waals surface area contributed by atoms with E-state index in [-0.39, 0.29) is 18.9 Å². The lowest BCUT2D eigenvalue weighted by Crippen LogP contribution is -2.38. The number of thioether (sulfide) groups is 1. The normalized spacial score (nSPS) is 16.0. The van der Waals surface area contributed by atoms with Gasteiger partial charge >= 0.3 is 5.97 Å². The Kier molecular flexibility index (Phi) is 11.4. The predicted molar refractivity (Wildman–Crippen MR) is 194 cm³/mol. The van der Waals surface area contributed by atoms with Gasteiger partial charge in [-0.3, -0.25) is 24.4 Å². The Morgan fingerprint density at radius 3 is 2.57 bits per heavy atom. The number of ether oxygens (including phenoxy) is 4. The first-order valence-electron chi connectivity index (χ1n) is 16.1. The van der Waals surface area contributed by atoms with Crippen molar-refractivity contribution < 1.29 is 33.6 Å². The third-order valence-electron chi connectivity index (χ3n) is 8.24. The van der Waals surface area contributed by atoms with E-state index in [1.54, 1.807) is 29.3 Å². The van der Waals surface area contributed by atoms with Crippen LogP contribution in [0.1, 0.15) is 17.5 Å². The van der Waals surface area contributed by atoms with E-state index in [1.807, 2.05) is 48.5 Å². The number of hydrogen-bond donors (Lipinski definition) is 1. The fraction of sp³-hybridized carbons (Fsp3) is 0.297. The molecule has 3 heterocycles. The van der Waals surface area contributed by atoms with Gasteiger partial charge in [0.25, 0.3) is 5.91 Å². The highest BCUT2D eigenvalue weighted by atomic mass is 32.2. The zero-order valence-corrected chi connectivity index (χ0v) is 28.8. The fourth-order valence-electron chi connectivity index (χ4n) is 5.69. The van der Waals surface area contributed by atoms with Gasteiger partial charge in [0, 0.05) is 43.3 Å². The van der Waals surface area contributed by atoms with Crippen molar-refractivity contribution >= 4 is 57.2 Å². The molecule has 49 heavy (non-hydrogen) atoms. The van der Waals surface area contributed by atoms with Gasteiger partial charge in [0.1, 0.15) is 16.7 Å². The molecule has 0 unspecified atom stereocenters. The topological polar surface area (TPSA) is 111 Å². The number of methoxy groups -OCH3 is 1. The molecule has 12 heteroatoms. The molecule has 3 aromatic carbocycles. The standard InChI is InChI=1S/C37H37N3O7S2/c1-44-32-9-5-25(21-35(41)42)20-33(32)46-16-3-12-40-36(43)34(49-37(40)48)24-29-23-27(26-6-8-30-28(22-26)4-2-11-38-30)7-10-31(29)47-19-15-39-13-17-45-18-14-39/h2,4-11,20,22-24H,3,12-19,21H2,1H3,(H,41,42)/b34-24-. The van der Waals surface area contributed by atoms with Crippen LogP contribution in [-0.4, -0.2) is 95.8 Å². The van der Waals surface area contributed by atoms with Gasteiger partial charge in [0.05, 0.1) is 43.8 Å². The van der Waals surface area contributed by atoms with Gasteiger partial charge in [0.2, 0.25) is 0 Å². The average Bonchev–Trinajstić information content (AvgIpc) is 3.38. The van der Waals surface area contributed by atoms with Crippen molar-refractivity contribution in [3.63, 3.8) is 0 Å². The van der Waals surface area contributed by atoms with Gasteiger partial charge in [-0.1, -0.05) is 48.2 Å². The van der Waals surface area contributed by atoms with Crippen molar-refractivity contribution in [1.82, 2.24) is 14.8 Å². The maximum atomic E-state index is 13.6. The third kappa shape index (κ3) is 8.76. The van der Waals surface area contributed by atoms with Gasteiger partial charge in [-0.05, 0) is 71.7 Å². The molecule has 10 nitrogen and oxygen atoms in total. The molecule has 0 saturated carbocycles. The fourth-order valence-corrected chi connectivity index (χ4v) is 6.99. The van der Waals surface area contributed by atoms with E-state index in [0.717, 1.165) is 60.4 Å². The summed E-state index contributed by atoms with van der Waals surface area (Å²) in [5.74, 6) is 0.557. The number of carbonyl (C=O) groups excluding carboxylic acids is 1. The molecule has 0 aliphatic carbocycles. The van der Waals surface area contributed by atoms with Crippen LogP contribution in [0.15, 0.2) is 77.8 Å². The number of hydrogen-bond acceptors (Lipinski definition) is 10. The molecule has 254 valence electrons. The number of carbonyl (C=O) groups is 2. The number of nitrogens with zero attached hydrogens (tertiary/aromatic N) is 3. The monoisotopic (exact) mass is 699 g/mol. The number of aromatic nitrogens is 1. The van der Waals surface area contributed by atoms with Crippen molar-refractivity contribution in [1.29, 1.82) is 0 Å². The molecule has 4 aromatic rings. The quantitative estimate of drug-likeness (QED) is 0.0963. The molecule has 1 amide bonds. The van der Waals surface area contributed by atoms with Crippen molar-refractivity contribution in [2.45, 2.75) is 12.8 Å². The van der Waals surface area contributed by atoms with E-state index in [1.165, 1.54) is 18.9 Å². The summed E-state index contributed by atoms with van der Waals surface area (Å²) in [6, 6.07) is 21.2. The second kappa shape index (κ2) is 16.3. The minimum absolute atomic E-state index is 0.119. The van der Waals surface area contributed by atoms with E-state index < -0.39 is 5.97 Å². The van der Waals surface area contributed by atoms with Crippen LogP contribution in [0.2, 0.25) is 0 Å². The number of fused-ring (bicyclic) bond motifs is 1. The predicted octanol–water partition coefficient (Wildman–Crippen LogP) is 5.92. The summed E-state index contributed by atoms with van der Waals surface area (Å²) in [5.41, 5.74) is 4.36. The van der Waals surface area contributed by atoms with Crippen molar-refractivity contribution in [2.75, 3.05) is 59.7 Å². The Balaban J connectivity index is 1.16. The average molecular weight is 700 g/mol. The molecule has 1 aromatic heterocycles. The van der Waals surface area contributed by atoms with Crippen LogP contribution >= 0.6 is 24.0 Å². The molecule has 0 atom stereocenters. The Morgan fingerprint density at radius 2 is 1.76 bits per heavy atom. The first kappa shape index (κ1) is 34.4. The Bertz CT molecular complexity index is 1880. The minimum atomic E-state index is -0.928. The number of benzene rings is 3. The summed E-state index contributed by atoms with van der Waals surface area (Å²) in [5, 5.41) is 10.2. The van der Waals surface area contributed by atoms with Crippen LogP contribution < -0.4 is 14.2 Å². The molecular formula is C37H37N3O7S2. The highest BCUT2D eigenvalue weighted by Gasteiger charge is 2.32. The van der Waals surface area contributed by atoms with Crippen LogP contribution in [0.3, 0.4) is 0 Å². The Labute approximate surface area is 294 Å². The molecule has 2 saturated heterocycles. The SMILES string of the molecule is COc1ccc(CC(=O)O)cc1OCCCN1C(=O)/C(=C/c2cc(-c3ccc4ncccc4c3)ccc2OCCN2CCOCC2)SC1=S. The molecule has 2 fully saturated rings. The van der Waals surface area contributed by atoms with E-state index in [9.17, 15) is 9.59 Å². The first-order valence-corrected chi connectivity index (χ1v) is 17.3. The highest BCUT2D eigenvalue weighted by molar-refractivity contribution is 8.26. The minimum Gasteiger partial charge on any atom is -0.493 e. The van der Waals surface area contributed by atoms with Crippen molar-refractivity contribution in [3.8, 4) is 28.4 Å². The number of rotatable bonds is 14. The molecule has 2 aliphatic heterocycles. The Hall–Kier alpha value is -4.49. The number of amides is 1. The number of aliphatic carboxylic acids is 1. The Morgan fingerprint density at radius 1 is 0.980 bits per heavy atom. The number of pyridine rings is 1. The van der Waals surface area contributed by atoms with E-state index >= 15 is 0 Å². The molecule has 1 N–H and O–H groups in total. The van der Waals surface area contributed by atoms with Crippen LogP contribution in [-0.2, 0) is 20.7 Å². The summed E-state index contributed by atoms with van der Waals surface area (Å²) in [7, 11) is 1.53. The van der Waals surface area contributed by atoms with Gasteiger partial charge in [0.15, 0.2) is 11.5 Å². The molecule has 6 rings (SSSR count). The molecule has 0 spiro atoms. The number of morpholine rings is 1. The summed E-state index contributed by atoms with van der Waals surface area (Å²) < 4.78 is 23.6. The summed E-state index contributed by atoms with van der Waals surface area (Å²) in [6.45, 7) is 5.15. The number of thiocarbonyl (C=S) groups is 1. The third-order valence-corrected chi connectivity index (χ3v) is 9.62. The van der Waals surface area contributed by atoms with Crippen LogP contribution in [0.5, 0.6) is 17.2 Å². The van der Waals surface area contributed by atoms with E-state index in [4.69, 9.17) is 36.3 Å².